The molecule has 1 unspecified atom stereocenters. The van der Waals surface area contributed by atoms with Gasteiger partial charge in [0.05, 0.1) is 11.5 Å². The number of benzene rings is 1. The van der Waals surface area contributed by atoms with Crippen LogP contribution in [0.1, 0.15) is 6.42 Å². The van der Waals surface area contributed by atoms with E-state index in [0.717, 1.165) is 19.5 Å². The molecule has 2 rings (SSSR count). The van der Waals surface area contributed by atoms with E-state index in [-0.39, 0.29) is 5.69 Å². The Bertz CT molecular complexity index is 455. The van der Waals surface area contributed by atoms with E-state index in [1.165, 1.54) is 24.3 Å². The average molecular weight is 265 g/mol. The summed E-state index contributed by atoms with van der Waals surface area (Å²) in [5.74, 6) is 0.364. The topological polar surface area (TPSA) is 93.5 Å². The highest BCUT2D eigenvalue weighted by Crippen LogP contribution is 2.15. The molecule has 1 heterocycles. The summed E-state index contributed by atoms with van der Waals surface area (Å²) in [5.41, 5.74) is 0.455. The van der Waals surface area contributed by atoms with Crippen LogP contribution >= 0.6 is 0 Å². The van der Waals surface area contributed by atoms with Gasteiger partial charge in [0.25, 0.3) is 5.69 Å². The van der Waals surface area contributed by atoms with Gasteiger partial charge in [0.1, 0.15) is 0 Å². The molecule has 1 saturated heterocycles. The van der Waals surface area contributed by atoms with E-state index in [2.05, 4.69) is 10.6 Å². The predicted octanol–water partition coefficient (Wildman–Crippen LogP) is 1.75. The fraction of sp³-hybridized carbons (Fsp3) is 0.417. The van der Waals surface area contributed by atoms with Gasteiger partial charge < -0.3 is 10.1 Å². The highest BCUT2D eigenvalue weighted by molar-refractivity contribution is 5.84. The molecular formula is C12H15N3O4. The SMILES string of the molecule is O=C(Nc1ccc([N+](=O)[O-])cc1)OCC1CCNC1. The van der Waals surface area contributed by atoms with Gasteiger partial charge in [0.15, 0.2) is 0 Å². The second kappa shape index (κ2) is 6.14. The molecule has 19 heavy (non-hydrogen) atoms. The number of rotatable bonds is 4. The Kier molecular flexibility index (Phi) is 4.30. The number of nitro groups is 1. The molecule has 1 aliphatic heterocycles. The molecule has 0 aromatic heterocycles. The lowest BCUT2D eigenvalue weighted by Gasteiger charge is -2.10. The molecular weight excluding hydrogens is 250 g/mol. The Hall–Kier alpha value is -2.15. The van der Waals surface area contributed by atoms with E-state index in [4.69, 9.17) is 4.74 Å². The number of amides is 1. The van der Waals surface area contributed by atoms with Crippen molar-refractivity contribution in [2.24, 2.45) is 5.92 Å². The van der Waals surface area contributed by atoms with Gasteiger partial charge in [-0.25, -0.2) is 4.79 Å². The predicted molar refractivity (Wildman–Crippen MR) is 69.0 cm³/mol. The minimum atomic E-state index is -0.541. The summed E-state index contributed by atoms with van der Waals surface area (Å²) in [6, 6.07) is 5.60. The van der Waals surface area contributed by atoms with E-state index >= 15 is 0 Å². The van der Waals surface area contributed by atoms with Crippen LogP contribution in [0, 0.1) is 16.0 Å². The third-order valence-electron chi connectivity index (χ3n) is 2.94. The van der Waals surface area contributed by atoms with Gasteiger partial charge >= 0.3 is 6.09 Å². The lowest BCUT2D eigenvalue weighted by molar-refractivity contribution is -0.384. The summed E-state index contributed by atoms with van der Waals surface area (Å²) < 4.78 is 5.08. The van der Waals surface area contributed by atoms with Crippen molar-refractivity contribution in [3.8, 4) is 0 Å². The number of hydrogen-bond donors (Lipinski definition) is 2. The van der Waals surface area contributed by atoms with Gasteiger partial charge in [0, 0.05) is 30.3 Å². The Labute approximate surface area is 110 Å². The van der Waals surface area contributed by atoms with E-state index in [0.29, 0.717) is 18.2 Å². The van der Waals surface area contributed by atoms with Crippen molar-refractivity contribution in [2.45, 2.75) is 6.42 Å². The number of nitrogens with one attached hydrogen (secondary N) is 2. The minimum Gasteiger partial charge on any atom is -0.449 e. The average Bonchev–Trinajstić information content (AvgIpc) is 2.90. The summed E-state index contributed by atoms with van der Waals surface area (Å²) in [5, 5.41) is 16.2. The van der Waals surface area contributed by atoms with Crippen molar-refractivity contribution in [3.05, 3.63) is 34.4 Å². The molecule has 0 bridgehead atoms. The zero-order valence-corrected chi connectivity index (χ0v) is 10.3. The summed E-state index contributed by atoms with van der Waals surface area (Å²) in [4.78, 5) is 21.5. The van der Waals surface area contributed by atoms with E-state index in [9.17, 15) is 14.9 Å². The lowest BCUT2D eigenvalue weighted by Crippen LogP contribution is -2.20. The number of anilines is 1. The van der Waals surface area contributed by atoms with E-state index < -0.39 is 11.0 Å². The first kappa shape index (κ1) is 13.3. The number of non-ortho nitro benzene ring substituents is 1. The van der Waals surface area contributed by atoms with Crippen molar-refractivity contribution in [1.29, 1.82) is 0 Å². The number of carbonyl (C=O) groups excluding carboxylic acids is 1. The van der Waals surface area contributed by atoms with Gasteiger partial charge in [0.2, 0.25) is 0 Å². The summed E-state index contributed by atoms with van der Waals surface area (Å²) >= 11 is 0. The molecule has 0 aliphatic carbocycles. The van der Waals surface area contributed by atoms with Gasteiger partial charge in [-0.05, 0) is 25.1 Å². The van der Waals surface area contributed by atoms with E-state index in [1.807, 2.05) is 0 Å². The van der Waals surface area contributed by atoms with Crippen molar-refractivity contribution in [2.75, 3.05) is 25.0 Å². The highest BCUT2D eigenvalue weighted by Gasteiger charge is 2.16. The molecule has 1 aliphatic rings. The molecule has 7 nitrogen and oxygen atoms in total. The van der Waals surface area contributed by atoms with Crippen molar-refractivity contribution in [3.63, 3.8) is 0 Å². The van der Waals surface area contributed by atoms with Crippen LogP contribution in [0.15, 0.2) is 24.3 Å². The molecule has 2 N–H and O–H groups in total. The Morgan fingerprint density at radius 1 is 1.47 bits per heavy atom. The van der Waals surface area contributed by atoms with Crippen LogP contribution in [0.3, 0.4) is 0 Å². The summed E-state index contributed by atoms with van der Waals surface area (Å²) in [6.45, 7) is 2.20. The summed E-state index contributed by atoms with van der Waals surface area (Å²) in [7, 11) is 0. The maximum absolute atomic E-state index is 11.5. The fourth-order valence-corrected chi connectivity index (χ4v) is 1.87. The molecule has 1 amide bonds. The quantitative estimate of drug-likeness (QED) is 0.639. The number of nitrogens with zero attached hydrogens (tertiary/aromatic N) is 1. The van der Waals surface area contributed by atoms with Crippen LogP contribution < -0.4 is 10.6 Å². The molecule has 0 saturated carbocycles. The third kappa shape index (κ3) is 3.92. The Morgan fingerprint density at radius 2 is 2.21 bits per heavy atom. The third-order valence-corrected chi connectivity index (χ3v) is 2.94. The van der Waals surface area contributed by atoms with Gasteiger partial charge in [-0.15, -0.1) is 0 Å². The smallest absolute Gasteiger partial charge is 0.411 e. The standard InChI is InChI=1S/C12H15N3O4/c16-12(19-8-9-5-6-13-7-9)14-10-1-3-11(4-2-10)15(17)18/h1-4,9,13H,5-8H2,(H,14,16). The van der Waals surface area contributed by atoms with Gasteiger partial charge in [-0.3, -0.25) is 15.4 Å². The molecule has 102 valence electrons. The van der Waals surface area contributed by atoms with E-state index in [1.54, 1.807) is 0 Å². The Morgan fingerprint density at radius 3 is 2.79 bits per heavy atom. The van der Waals surface area contributed by atoms with Crippen LogP contribution in [0.25, 0.3) is 0 Å². The van der Waals surface area contributed by atoms with Gasteiger partial charge in [-0.1, -0.05) is 0 Å². The molecule has 1 fully saturated rings. The van der Waals surface area contributed by atoms with Crippen molar-refractivity contribution >= 4 is 17.5 Å². The van der Waals surface area contributed by atoms with Crippen molar-refractivity contribution < 1.29 is 14.5 Å². The maximum atomic E-state index is 11.5. The highest BCUT2D eigenvalue weighted by atomic mass is 16.6. The maximum Gasteiger partial charge on any atom is 0.411 e. The Balaban J connectivity index is 1.79. The van der Waals surface area contributed by atoms with Crippen LogP contribution in [-0.2, 0) is 4.74 Å². The number of hydrogen-bond acceptors (Lipinski definition) is 5. The number of ether oxygens (including phenoxy) is 1. The monoisotopic (exact) mass is 265 g/mol. The molecule has 1 aromatic rings. The molecule has 0 radical (unpaired) electrons. The fourth-order valence-electron chi connectivity index (χ4n) is 1.87. The van der Waals surface area contributed by atoms with Crippen molar-refractivity contribution in [1.82, 2.24) is 5.32 Å². The lowest BCUT2D eigenvalue weighted by atomic mass is 10.1. The second-order valence-corrected chi connectivity index (χ2v) is 4.39. The summed E-state index contributed by atoms with van der Waals surface area (Å²) in [6.07, 6.45) is 0.464. The molecule has 7 heteroatoms. The zero-order valence-electron chi connectivity index (χ0n) is 10.3. The zero-order chi connectivity index (χ0) is 13.7. The van der Waals surface area contributed by atoms with Crippen LogP contribution in [0.2, 0.25) is 0 Å². The first-order chi connectivity index (χ1) is 9.15. The van der Waals surface area contributed by atoms with Crippen LogP contribution in [0.5, 0.6) is 0 Å². The second-order valence-electron chi connectivity index (χ2n) is 4.39. The minimum absolute atomic E-state index is 0.0176. The number of carbonyl (C=O) groups is 1. The largest absolute Gasteiger partial charge is 0.449 e. The van der Waals surface area contributed by atoms with Gasteiger partial charge in [-0.2, -0.15) is 0 Å². The molecule has 1 atom stereocenters. The first-order valence-electron chi connectivity index (χ1n) is 6.04. The molecule has 0 spiro atoms. The number of nitro benzene ring substituents is 1. The normalized spacial score (nSPS) is 18.0. The van der Waals surface area contributed by atoms with Crippen LogP contribution in [0.4, 0.5) is 16.2 Å². The van der Waals surface area contributed by atoms with Crippen LogP contribution in [-0.4, -0.2) is 30.7 Å². The molecule has 1 aromatic carbocycles. The first-order valence-corrected chi connectivity index (χ1v) is 6.04.